The zero-order valence-electron chi connectivity index (χ0n) is 10.1. The Labute approximate surface area is 121 Å². The fourth-order valence-electron chi connectivity index (χ4n) is 1.72. The SMILES string of the molecule is O=C(c1ccc(C(F)(F)F)c(F)c1)c1cccc(Cl)c1F. The molecule has 2 aromatic carbocycles. The van der Waals surface area contributed by atoms with Crippen LogP contribution in [0.25, 0.3) is 0 Å². The summed E-state index contributed by atoms with van der Waals surface area (Å²) in [4.78, 5) is 12.0. The Balaban J connectivity index is 2.46. The van der Waals surface area contributed by atoms with Crippen LogP contribution < -0.4 is 0 Å². The summed E-state index contributed by atoms with van der Waals surface area (Å²) in [6, 6.07) is 5.27. The molecule has 0 atom stereocenters. The van der Waals surface area contributed by atoms with Gasteiger partial charge in [-0.1, -0.05) is 23.7 Å². The summed E-state index contributed by atoms with van der Waals surface area (Å²) in [6.07, 6.45) is -4.87. The molecule has 0 aliphatic carbocycles. The van der Waals surface area contributed by atoms with Crippen molar-refractivity contribution in [3.05, 3.63) is 69.7 Å². The largest absolute Gasteiger partial charge is 0.419 e. The zero-order chi connectivity index (χ0) is 15.8. The highest BCUT2D eigenvalue weighted by Crippen LogP contribution is 2.32. The maximum absolute atomic E-state index is 13.7. The van der Waals surface area contributed by atoms with Gasteiger partial charge in [-0.25, -0.2) is 8.78 Å². The van der Waals surface area contributed by atoms with E-state index in [0.29, 0.717) is 12.1 Å². The molecule has 0 spiro atoms. The third kappa shape index (κ3) is 3.05. The Kier molecular flexibility index (Phi) is 4.00. The molecule has 0 heterocycles. The van der Waals surface area contributed by atoms with Crippen LogP contribution in [0.5, 0.6) is 0 Å². The van der Waals surface area contributed by atoms with Gasteiger partial charge in [0, 0.05) is 5.56 Å². The maximum atomic E-state index is 13.7. The molecule has 0 aliphatic heterocycles. The maximum Gasteiger partial charge on any atom is 0.419 e. The molecule has 0 bridgehead atoms. The van der Waals surface area contributed by atoms with Gasteiger partial charge in [-0.2, -0.15) is 13.2 Å². The number of ketones is 1. The van der Waals surface area contributed by atoms with E-state index < -0.39 is 40.3 Å². The van der Waals surface area contributed by atoms with Crippen molar-refractivity contribution in [1.29, 1.82) is 0 Å². The predicted octanol–water partition coefficient (Wildman–Crippen LogP) is 4.87. The molecule has 0 aromatic heterocycles. The van der Waals surface area contributed by atoms with Crippen molar-refractivity contribution in [2.45, 2.75) is 6.18 Å². The van der Waals surface area contributed by atoms with E-state index in [9.17, 15) is 26.7 Å². The van der Waals surface area contributed by atoms with Crippen molar-refractivity contribution in [3.63, 3.8) is 0 Å². The van der Waals surface area contributed by atoms with Crippen LogP contribution in [0.15, 0.2) is 36.4 Å². The number of hydrogen-bond acceptors (Lipinski definition) is 1. The van der Waals surface area contributed by atoms with Gasteiger partial charge in [-0.3, -0.25) is 4.79 Å². The number of hydrogen-bond donors (Lipinski definition) is 0. The van der Waals surface area contributed by atoms with Crippen LogP contribution in [-0.2, 0) is 6.18 Å². The number of carbonyl (C=O) groups is 1. The van der Waals surface area contributed by atoms with Crippen LogP contribution in [0, 0.1) is 11.6 Å². The van der Waals surface area contributed by atoms with E-state index in [1.54, 1.807) is 0 Å². The van der Waals surface area contributed by atoms with Crippen LogP contribution in [0.1, 0.15) is 21.5 Å². The summed E-state index contributed by atoms with van der Waals surface area (Å²) in [5, 5.41) is -0.312. The third-order valence-corrected chi connectivity index (χ3v) is 3.02. The molecule has 0 saturated carbocycles. The van der Waals surface area contributed by atoms with Gasteiger partial charge in [-0.05, 0) is 24.3 Å². The fourth-order valence-corrected chi connectivity index (χ4v) is 1.90. The van der Waals surface area contributed by atoms with Crippen molar-refractivity contribution < 1.29 is 26.7 Å². The second kappa shape index (κ2) is 5.44. The third-order valence-electron chi connectivity index (χ3n) is 2.73. The number of benzene rings is 2. The standard InChI is InChI=1S/C14H6ClF5O/c15-10-3-1-2-8(12(10)17)13(21)7-4-5-9(11(16)6-7)14(18,19)20/h1-6H. The van der Waals surface area contributed by atoms with E-state index >= 15 is 0 Å². The average Bonchev–Trinajstić information content (AvgIpc) is 2.39. The second-order valence-electron chi connectivity index (χ2n) is 4.12. The fraction of sp³-hybridized carbons (Fsp3) is 0.0714. The molecule has 2 aromatic rings. The molecule has 0 amide bonds. The van der Waals surface area contributed by atoms with Crippen LogP contribution in [0.2, 0.25) is 5.02 Å². The Bertz CT molecular complexity index is 709. The van der Waals surface area contributed by atoms with E-state index in [1.807, 2.05) is 0 Å². The van der Waals surface area contributed by atoms with E-state index in [2.05, 4.69) is 0 Å². The second-order valence-corrected chi connectivity index (χ2v) is 4.53. The Morgan fingerprint density at radius 3 is 2.29 bits per heavy atom. The lowest BCUT2D eigenvalue weighted by Gasteiger charge is -2.09. The van der Waals surface area contributed by atoms with Crippen molar-refractivity contribution in [2.24, 2.45) is 0 Å². The molecule has 0 N–H and O–H groups in total. The van der Waals surface area contributed by atoms with E-state index in [4.69, 9.17) is 11.6 Å². The molecule has 0 radical (unpaired) electrons. The number of rotatable bonds is 2. The van der Waals surface area contributed by atoms with E-state index in [1.165, 1.54) is 12.1 Å². The molecule has 7 heteroatoms. The molecule has 2 rings (SSSR count). The lowest BCUT2D eigenvalue weighted by atomic mass is 10.0. The minimum absolute atomic E-state index is 0.312. The van der Waals surface area contributed by atoms with Gasteiger partial charge in [0.25, 0.3) is 0 Å². The van der Waals surface area contributed by atoms with Gasteiger partial charge in [0.2, 0.25) is 0 Å². The Morgan fingerprint density at radius 2 is 1.71 bits per heavy atom. The van der Waals surface area contributed by atoms with Crippen molar-refractivity contribution in [2.75, 3.05) is 0 Å². The number of carbonyl (C=O) groups excluding carboxylic acids is 1. The lowest BCUT2D eigenvalue weighted by molar-refractivity contribution is -0.140. The molecule has 0 unspecified atom stereocenters. The molecular formula is C14H6ClF5O. The van der Waals surface area contributed by atoms with Gasteiger partial charge in [0.15, 0.2) is 11.6 Å². The quantitative estimate of drug-likeness (QED) is 0.570. The van der Waals surface area contributed by atoms with Gasteiger partial charge in [0.05, 0.1) is 16.1 Å². The number of halogens is 6. The summed E-state index contributed by atoms with van der Waals surface area (Å²) in [7, 11) is 0. The van der Waals surface area contributed by atoms with Crippen molar-refractivity contribution in [1.82, 2.24) is 0 Å². The first kappa shape index (κ1) is 15.4. The van der Waals surface area contributed by atoms with Gasteiger partial charge < -0.3 is 0 Å². The Morgan fingerprint density at radius 1 is 1.05 bits per heavy atom. The van der Waals surface area contributed by atoms with Crippen molar-refractivity contribution >= 4 is 17.4 Å². The first-order valence-electron chi connectivity index (χ1n) is 5.57. The van der Waals surface area contributed by atoms with Gasteiger partial charge in [0.1, 0.15) is 5.82 Å². The van der Waals surface area contributed by atoms with Crippen molar-refractivity contribution in [3.8, 4) is 0 Å². The lowest BCUT2D eigenvalue weighted by Crippen LogP contribution is -2.11. The molecular weight excluding hydrogens is 315 g/mol. The molecule has 0 fully saturated rings. The summed E-state index contributed by atoms with van der Waals surface area (Å²) < 4.78 is 64.3. The monoisotopic (exact) mass is 320 g/mol. The highest BCUT2D eigenvalue weighted by Gasteiger charge is 2.34. The minimum Gasteiger partial charge on any atom is -0.288 e. The minimum atomic E-state index is -4.87. The summed E-state index contributed by atoms with van der Waals surface area (Å²) in [5.41, 5.74) is -2.34. The average molecular weight is 321 g/mol. The molecule has 21 heavy (non-hydrogen) atoms. The Hall–Kier alpha value is -1.95. The highest BCUT2D eigenvalue weighted by atomic mass is 35.5. The zero-order valence-corrected chi connectivity index (χ0v) is 10.9. The topological polar surface area (TPSA) is 17.1 Å². The first-order chi connectivity index (χ1) is 9.71. The van der Waals surface area contributed by atoms with Crippen LogP contribution in [0.4, 0.5) is 22.0 Å². The number of alkyl halides is 3. The summed E-state index contributed by atoms with van der Waals surface area (Å²) in [5.74, 6) is -3.57. The first-order valence-corrected chi connectivity index (χ1v) is 5.95. The molecule has 110 valence electrons. The van der Waals surface area contributed by atoms with E-state index in [-0.39, 0.29) is 5.02 Å². The predicted molar refractivity (Wildman–Crippen MR) is 66.2 cm³/mol. The normalized spacial score (nSPS) is 11.5. The smallest absolute Gasteiger partial charge is 0.288 e. The van der Waals surface area contributed by atoms with Crippen LogP contribution >= 0.6 is 11.6 Å². The van der Waals surface area contributed by atoms with Crippen LogP contribution in [0.3, 0.4) is 0 Å². The summed E-state index contributed by atoms with van der Waals surface area (Å²) >= 11 is 5.51. The molecule has 1 nitrogen and oxygen atoms in total. The van der Waals surface area contributed by atoms with Gasteiger partial charge >= 0.3 is 6.18 Å². The van der Waals surface area contributed by atoms with Gasteiger partial charge in [-0.15, -0.1) is 0 Å². The molecule has 0 aliphatic rings. The van der Waals surface area contributed by atoms with E-state index in [0.717, 1.165) is 12.1 Å². The molecule has 0 saturated heterocycles. The summed E-state index contributed by atoms with van der Waals surface area (Å²) in [6.45, 7) is 0. The van der Waals surface area contributed by atoms with Crippen LogP contribution in [-0.4, -0.2) is 5.78 Å². The highest BCUT2D eigenvalue weighted by molar-refractivity contribution is 6.31.